The van der Waals surface area contributed by atoms with Crippen LogP contribution >= 0.6 is 23.4 Å². The Hall–Kier alpha value is -2.71. The Balaban J connectivity index is 1.63. The number of hydrogen-bond acceptors (Lipinski definition) is 6. The lowest BCUT2D eigenvalue weighted by Gasteiger charge is -2.28. The highest BCUT2D eigenvalue weighted by Gasteiger charge is 2.19. The Morgan fingerprint density at radius 3 is 2.63 bits per heavy atom. The highest BCUT2D eigenvalue weighted by atomic mass is 35.5. The maximum atomic E-state index is 12.9. The minimum Gasteiger partial charge on any atom is -0.495 e. The van der Waals surface area contributed by atoms with Gasteiger partial charge in [-0.3, -0.25) is 9.59 Å². The molecule has 30 heavy (non-hydrogen) atoms. The summed E-state index contributed by atoms with van der Waals surface area (Å²) in [6.07, 6.45) is 0. The van der Waals surface area contributed by atoms with Crippen molar-refractivity contribution >= 4 is 51.5 Å². The number of amides is 1. The van der Waals surface area contributed by atoms with Crippen LogP contribution in [0.1, 0.15) is 0 Å². The summed E-state index contributed by atoms with van der Waals surface area (Å²) in [6, 6.07) is 12.4. The van der Waals surface area contributed by atoms with E-state index in [2.05, 4.69) is 15.3 Å². The zero-order valence-electron chi connectivity index (χ0n) is 16.4. The van der Waals surface area contributed by atoms with Crippen LogP contribution in [0.25, 0.3) is 10.8 Å². The first kappa shape index (κ1) is 20.6. The highest BCUT2D eigenvalue weighted by molar-refractivity contribution is 7.99. The number of carbonyl (C=O) groups excluding carboxylic acids is 1. The van der Waals surface area contributed by atoms with Crippen molar-refractivity contribution in [1.29, 1.82) is 0 Å². The monoisotopic (exact) mass is 444 g/mol. The summed E-state index contributed by atoms with van der Waals surface area (Å²) < 4.78 is 6.36. The fraction of sp³-hybridized carbons (Fsp3) is 0.286. The van der Waals surface area contributed by atoms with Gasteiger partial charge in [0, 0.05) is 35.7 Å². The second-order valence-corrected chi connectivity index (χ2v) is 8.46. The molecule has 2 aromatic carbocycles. The van der Waals surface area contributed by atoms with Crippen LogP contribution in [0.15, 0.2) is 47.3 Å². The zero-order chi connectivity index (χ0) is 21.1. The number of ether oxygens (including phenoxy) is 1. The average molecular weight is 445 g/mol. The molecule has 1 N–H and O–H groups in total. The number of benzene rings is 2. The number of nitrogens with one attached hydrogen (secondary N) is 1. The minimum absolute atomic E-state index is 0.192. The number of methoxy groups -OCH3 is 1. The van der Waals surface area contributed by atoms with Gasteiger partial charge in [0.15, 0.2) is 5.82 Å². The van der Waals surface area contributed by atoms with Crippen molar-refractivity contribution in [1.82, 2.24) is 9.78 Å². The third-order valence-electron chi connectivity index (χ3n) is 4.89. The molecule has 3 aromatic rings. The summed E-state index contributed by atoms with van der Waals surface area (Å²) in [7, 11) is 1.52. The second kappa shape index (κ2) is 8.97. The number of rotatable bonds is 5. The number of hydrogen-bond donors (Lipinski definition) is 1. The van der Waals surface area contributed by atoms with E-state index in [1.807, 2.05) is 30.0 Å². The Kier molecular flexibility index (Phi) is 6.15. The molecule has 156 valence electrons. The van der Waals surface area contributed by atoms with Crippen LogP contribution in [-0.2, 0) is 11.3 Å². The molecule has 1 fully saturated rings. The number of thioether (sulfide) groups is 1. The third-order valence-corrected chi connectivity index (χ3v) is 6.13. The molecule has 1 aliphatic heterocycles. The lowest BCUT2D eigenvalue weighted by atomic mass is 10.1. The third kappa shape index (κ3) is 4.24. The van der Waals surface area contributed by atoms with Crippen LogP contribution in [0.2, 0.25) is 5.02 Å². The van der Waals surface area contributed by atoms with E-state index in [4.69, 9.17) is 16.3 Å². The average Bonchev–Trinajstić information content (AvgIpc) is 2.76. The summed E-state index contributed by atoms with van der Waals surface area (Å²) in [4.78, 5) is 27.7. The van der Waals surface area contributed by atoms with E-state index >= 15 is 0 Å². The van der Waals surface area contributed by atoms with Gasteiger partial charge in [0.2, 0.25) is 5.91 Å². The molecule has 0 aliphatic carbocycles. The van der Waals surface area contributed by atoms with Crippen LogP contribution in [0.5, 0.6) is 5.75 Å². The van der Waals surface area contributed by atoms with Gasteiger partial charge >= 0.3 is 0 Å². The quantitative estimate of drug-likeness (QED) is 0.651. The molecule has 0 unspecified atom stereocenters. The number of nitrogens with zero attached hydrogens (tertiary/aromatic N) is 3. The fourth-order valence-corrected chi connectivity index (χ4v) is 4.57. The predicted molar refractivity (Wildman–Crippen MR) is 122 cm³/mol. The molecule has 1 aliphatic rings. The van der Waals surface area contributed by atoms with Crippen molar-refractivity contribution in [2.24, 2.45) is 0 Å². The van der Waals surface area contributed by atoms with Crippen LogP contribution in [0.3, 0.4) is 0 Å². The summed E-state index contributed by atoms with van der Waals surface area (Å²) in [5.74, 6) is 2.92. The van der Waals surface area contributed by atoms with Gasteiger partial charge in [-0.05, 0) is 24.3 Å². The van der Waals surface area contributed by atoms with Crippen LogP contribution < -0.4 is 20.5 Å². The number of anilines is 2. The molecule has 0 saturated carbocycles. The van der Waals surface area contributed by atoms with Crippen molar-refractivity contribution in [2.75, 3.05) is 41.9 Å². The summed E-state index contributed by atoms with van der Waals surface area (Å²) in [6.45, 7) is 1.52. The topological polar surface area (TPSA) is 76.5 Å². The van der Waals surface area contributed by atoms with E-state index in [-0.39, 0.29) is 18.0 Å². The molecule has 0 bridgehead atoms. The Morgan fingerprint density at radius 1 is 1.20 bits per heavy atom. The molecule has 0 spiro atoms. The molecule has 2 heterocycles. The van der Waals surface area contributed by atoms with Gasteiger partial charge in [0.1, 0.15) is 12.3 Å². The minimum atomic E-state index is -0.360. The van der Waals surface area contributed by atoms with Gasteiger partial charge in [0.25, 0.3) is 5.56 Å². The summed E-state index contributed by atoms with van der Waals surface area (Å²) in [5.41, 5.74) is 0.233. The standard InChI is InChI=1S/C21H21ClN4O3S/c1-29-18-7-6-14(12-17(18)22)23-19(27)13-26-21(28)16-5-3-2-4-15(16)20(24-26)25-8-10-30-11-9-25/h2-7,12H,8-11,13H2,1H3,(H,23,27). The first-order chi connectivity index (χ1) is 14.6. The predicted octanol–water partition coefficient (Wildman–Crippen LogP) is 3.25. The Labute approximate surface area is 183 Å². The second-order valence-electron chi connectivity index (χ2n) is 6.83. The van der Waals surface area contributed by atoms with Crippen molar-refractivity contribution in [3.63, 3.8) is 0 Å². The zero-order valence-corrected chi connectivity index (χ0v) is 18.0. The van der Waals surface area contributed by atoms with Gasteiger partial charge in [-0.15, -0.1) is 0 Å². The molecular weight excluding hydrogens is 424 g/mol. The summed E-state index contributed by atoms with van der Waals surface area (Å²) >= 11 is 8.02. The maximum absolute atomic E-state index is 12.9. The summed E-state index contributed by atoms with van der Waals surface area (Å²) in [5, 5.41) is 9.09. The van der Waals surface area contributed by atoms with Crippen LogP contribution in [-0.4, -0.2) is 47.4 Å². The molecule has 1 aromatic heterocycles. The number of halogens is 1. The van der Waals surface area contributed by atoms with Crippen molar-refractivity contribution in [3.05, 3.63) is 57.8 Å². The largest absolute Gasteiger partial charge is 0.495 e. The molecule has 7 nitrogen and oxygen atoms in total. The SMILES string of the molecule is COc1ccc(NC(=O)Cn2nc(N3CCSCC3)c3ccccc3c2=O)cc1Cl. The van der Waals surface area contributed by atoms with E-state index in [1.54, 1.807) is 24.3 Å². The van der Waals surface area contributed by atoms with E-state index < -0.39 is 0 Å². The molecular formula is C21H21ClN4O3S. The van der Waals surface area contributed by atoms with Crippen molar-refractivity contribution < 1.29 is 9.53 Å². The normalized spacial score (nSPS) is 14.0. The van der Waals surface area contributed by atoms with Gasteiger partial charge in [-0.1, -0.05) is 29.8 Å². The molecule has 1 saturated heterocycles. The van der Waals surface area contributed by atoms with Gasteiger partial charge in [-0.2, -0.15) is 16.9 Å². The number of carbonyl (C=O) groups is 1. The van der Waals surface area contributed by atoms with Crippen LogP contribution in [0.4, 0.5) is 11.5 Å². The fourth-order valence-electron chi connectivity index (χ4n) is 3.41. The smallest absolute Gasteiger partial charge is 0.275 e. The number of fused-ring (bicyclic) bond motifs is 1. The first-order valence-electron chi connectivity index (χ1n) is 9.53. The maximum Gasteiger partial charge on any atom is 0.275 e. The van der Waals surface area contributed by atoms with Crippen molar-refractivity contribution in [3.8, 4) is 5.75 Å². The lowest BCUT2D eigenvalue weighted by molar-refractivity contribution is -0.117. The molecule has 0 radical (unpaired) electrons. The number of aromatic nitrogens is 2. The van der Waals surface area contributed by atoms with Crippen molar-refractivity contribution in [2.45, 2.75) is 6.54 Å². The highest BCUT2D eigenvalue weighted by Crippen LogP contribution is 2.27. The first-order valence-corrected chi connectivity index (χ1v) is 11.1. The molecule has 1 amide bonds. The Bertz CT molecular complexity index is 1140. The van der Waals surface area contributed by atoms with Gasteiger partial charge in [-0.25, -0.2) is 4.68 Å². The van der Waals surface area contributed by atoms with E-state index in [0.29, 0.717) is 21.8 Å². The lowest BCUT2D eigenvalue weighted by Crippen LogP contribution is -2.37. The molecule has 9 heteroatoms. The molecule has 4 rings (SSSR count). The van der Waals surface area contributed by atoms with Gasteiger partial charge in [0.05, 0.1) is 17.5 Å². The Morgan fingerprint density at radius 2 is 1.93 bits per heavy atom. The van der Waals surface area contributed by atoms with E-state index in [9.17, 15) is 9.59 Å². The molecule has 0 atom stereocenters. The van der Waals surface area contributed by atoms with E-state index in [1.165, 1.54) is 11.8 Å². The van der Waals surface area contributed by atoms with E-state index in [0.717, 1.165) is 35.8 Å². The van der Waals surface area contributed by atoms with Gasteiger partial charge < -0.3 is 15.0 Å². The van der Waals surface area contributed by atoms with Crippen LogP contribution in [0, 0.1) is 0 Å².